The van der Waals surface area contributed by atoms with Crippen LogP contribution in [0.15, 0.2) is 52.4 Å². The van der Waals surface area contributed by atoms with Gasteiger partial charge >= 0.3 is 0 Å². The van der Waals surface area contributed by atoms with Crippen molar-refractivity contribution in [2.45, 2.75) is 38.8 Å². The molecule has 36 heavy (non-hydrogen) atoms. The van der Waals surface area contributed by atoms with E-state index < -0.39 is 0 Å². The van der Waals surface area contributed by atoms with Gasteiger partial charge in [0.15, 0.2) is 5.16 Å². The summed E-state index contributed by atoms with van der Waals surface area (Å²) >= 11 is 15.0. The lowest BCUT2D eigenvalue weighted by molar-refractivity contribution is -0.113. The number of hydrogen-bond acceptors (Lipinski definition) is 6. The van der Waals surface area contributed by atoms with Crippen molar-refractivity contribution in [2.24, 2.45) is 0 Å². The molecular weight excluding hydrogens is 537 g/mol. The summed E-state index contributed by atoms with van der Waals surface area (Å²) in [6, 6.07) is 12.3. The molecule has 0 radical (unpaired) electrons. The number of fused-ring (bicyclic) bond motifs is 1. The first kappa shape index (κ1) is 26.5. The number of nitrogens with one attached hydrogen (secondary N) is 1. The van der Waals surface area contributed by atoms with E-state index in [1.807, 2.05) is 38.1 Å². The summed E-state index contributed by atoms with van der Waals surface area (Å²) in [6.45, 7) is 6.56. The zero-order chi connectivity index (χ0) is 25.8. The smallest absolute Gasteiger partial charge is 0.267 e. The first-order valence-corrected chi connectivity index (χ1v) is 14.0. The van der Waals surface area contributed by atoms with Gasteiger partial charge in [0.2, 0.25) is 5.91 Å². The molecule has 2 aromatic carbocycles. The lowest BCUT2D eigenvalue weighted by Crippen LogP contribution is -2.23. The number of rotatable bonds is 9. The van der Waals surface area contributed by atoms with Crippen LogP contribution in [0.2, 0.25) is 10.0 Å². The maximum absolute atomic E-state index is 13.8. The van der Waals surface area contributed by atoms with E-state index in [9.17, 15) is 9.59 Å². The van der Waals surface area contributed by atoms with Crippen molar-refractivity contribution in [3.63, 3.8) is 0 Å². The van der Waals surface area contributed by atoms with Gasteiger partial charge in [0.1, 0.15) is 10.6 Å². The Labute approximate surface area is 227 Å². The Morgan fingerprint density at radius 3 is 2.61 bits per heavy atom. The molecule has 1 amide bonds. The van der Waals surface area contributed by atoms with Crippen molar-refractivity contribution in [2.75, 3.05) is 17.7 Å². The molecule has 2 aromatic heterocycles. The first-order chi connectivity index (χ1) is 17.3. The molecule has 0 aliphatic heterocycles. The highest BCUT2D eigenvalue weighted by Gasteiger charge is 2.20. The van der Waals surface area contributed by atoms with Gasteiger partial charge in [0, 0.05) is 4.88 Å². The van der Waals surface area contributed by atoms with Crippen LogP contribution < -0.4 is 15.6 Å². The normalized spacial score (nSPS) is 11.1. The minimum atomic E-state index is -0.286. The van der Waals surface area contributed by atoms with E-state index in [1.54, 1.807) is 22.8 Å². The summed E-state index contributed by atoms with van der Waals surface area (Å²) in [7, 11) is 0. The van der Waals surface area contributed by atoms with Gasteiger partial charge in [-0.05, 0) is 62.2 Å². The van der Waals surface area contributed by atoms with Crippen LogP contribution in [0.25, 0.3) is 15.9 Å². The number of carbonyl (C=O) groups excluding carboxylic acids is 1. The van der Waals surface area contributed by atoms with Crippen LogP contribution >= 0.6 is 46.3 Å². The van der Waals surface area contributed by atoms with E-state index in [0.717, 1.165) is 23.3 Å². The van der Waals surface area contributed by atoms with Crippen molar-refractivity contribution >= 4 is 68.1 Å². The molecule has 0 atom stereocenters. The number of amides is 1. The van der Waals surface area contributed by atoms with Crippen molar-refractivity contribution in [1.29, 1.82) is 0 Å². The summed E-state index contributed by atoms with van der Waals surface area (Å²) in [4.78, 5) is 33.2. The topological polar surface area (TPSA) is 73.2 Å². The zero-order valence-electron chi connectivity index (χ0n) is 20.1. The Balaban J connectivity index is 1.71. The van der Waals surface area contributed by atoms with Gasteiger partial charge in [-0.3, -0.25) is 14.2 Å². The molecule has 4 rings (SSSR count). The third-order valence-corrected chi connectivity index (χ3v) is 8.48. The number of aryl methyl sites for hydroxylation is 2. The second-order valence-corrected chi connectivity index (χ2v) is 10.8. The van der Waals surface area contributed by atoms with Crippen LogP contribution in [0.1, 0.15) is 30.7 Å². The number of ether oxygens (including phenoxy) is 1. The number of hydrogen-bond donors (Lipinski definition) is 1. The monoisotopic (exact) mass is 561 g/mol. The number of aromatic nitrogens is 2. The Morgan fingerprint density at radius 1 is 1.17 bits per heavy atom. The van der Waals surface area contributed by atoms with E-state index >= 15 is 0 Å². The van der Waals surface area contributed by atoms with Gasteiger partial charge in [-0.2, -0.15) is 0 Å². The molecule has 0 unspecified atom stereocenters. The molecular formula is C26H25Cl2N3O3S2. The molecule has 0 aliphatic rings. The third-order valence-electron chi connectivity index (χ3n) is 5.47. The predicted octanol–water partition coefficient (Wildman–Crippen LogP) is 7.14. The maximum Gasteiger partial charge on any atom is 0.267 e. The number of benzene rings is 2. The number of anilines is 1. The highest BCUT2D eigenvalue weighted by atomic mass is 35.5. The number of nitrogens with zero attached hydrogens (tertiary/aromatic N) is 2. The van der Waals surface area contributed by atoms with Crippen molar-refractivity contribution in [3.05, 3.63) is 73.3 Å². The Bertz CT molecular complexity index is 1470. The van der Waals surface area contributed by atoms with Gasteiger partial charge in [-0.15, -0.1) is 11.3 Å². The Kier molecular flexibility index (Phi) is 8.62. The Hall–Kier alpha value is -2.52. The van der Waals surface area contributed by atoms with E-state index in [-0.39, 0.29) is 22.2 Å². The lowest BCUT2D eigenvalue weighted by Gasteiger charge is -2.13. The summed E-state index contributed by atoms with van der Waals surface area (Å²) < 4.78 is 7.12. The number of thiophene rings is 1. The first-order valence-electron chi connectivity index (χ1n) is 11.5. The summed E-state index contributed by atoms with van der Waals surface area (Å²) in [5.41, 5.74) is 1.90. The van der Waals surface area contributed by atoms with Crippen molar-refractivity contribution in [3.8, 4) is 11.4 Å². The van der Waals surface area contributed by atoms with Crippen LogP contribution in [-0.2, 0) is 11.2 Å². The third kappa shape index (κ3) is 5.57. The average molecular weight is 563 g/mol. The largest absolute Gasteiger partial charge is 0.494 e. The minimum absolute atomic E-state index is 0.0317. The minimum Gasteiger partial charge on any atom is -0.494 e. The number of halogens is 2. The van der Waals surface area contributed by atoms with Gasteiger partial charge in [-0.25, -0.2) is 4.98 Å². The molecule has 4 aromatic rings. The van der Waals surface area contributed by atoms with Crippen molar-refractivity contribution in [1.82, 2.24) is 9.55 Å². The van der Waals surface area contributed by atoms with E-state index in [1.165, 1.54) is 23.1 Å². The molecule has 6 nitrogen and oxygen atoms in total. The SMILES string of the molecule is CCCc1sc2nc(SCC(=O)Nc3cccc(Cl)c3Cl)n(-c3ccc(OCC)cc3)c(=O)c2c1C. The molecule has 2 heterocycles. The summed E-state index contributed by atoms with van der Waals surface area (Å²) in [5.74, 6) is 0.460. The molecule has 10 heteroatoms. The summed E-state index contributed by atoms with van der Waals surface area (Å²) in [6.07, 6.45) is 1.87. The second-order valence-electron chi connectivity index (χ2n) is 7.98. The molecule has 0 aliphatic carbocycles. The van der Waals surface area contributed by atoms with Crippen LogP contribution in [-0.4, -0.2) is 27.8 Å². The summed E-state index contributed by atoms with van der Waals surface area (Å²) in [5, 5.41) is 4.47. The van der Waals surface area contributed by atoms with Crippen LogP contribution in [0.4, 0.5) is 5.69 Å². The van der Waals surface area contributed by atoms with Crippen LogP contribution in [0.5, 0.6) is 5.75 Å². The fourth-order valence-electron chi connectivity index (χ4n) is 3.78. The van der Waals surface area contributed by atoms with Gasteiger partial charge in [0.25, 0.3) is 5.56 Å². The fraction of sp³-hybridized carbons (Fsp3) is 0.269. The highest BCUT2D eigenvalue weighted by molar-refractivity contribution is 7.99. The van der Waals surface area contributed by atoms with E-state index in [2.05, 4.69) is 12.2 Å². The fourth-order valence-corrected chi connectivity index (χ4v) is 6.26. The van der Waals surface area contributed by atoms with Gasteiger partial charge in [0.05, 0.1) is 39.2 Å². The average Bonchev–Trinajstić information content (AvgIpc) is 3.17. The zero-order valence-corrected chi connectivity index (χ0v) is 23.2. The number of thioether (sulfide) groups is 1. The highest BCUT2D eigenvalue weighted by Crippen LogP contribution is 2.32. The second kappa shape index (κ2) is 11.7. The quantitative estimate of drug-likeness (QED) is 0.173. The molecule has 1 N–H and O–H groups in total. The molecule has 0 saturated heterocycles. The van der Waals surface area contributed by atoms with Gasteiger partial charge in [-0.1, -0.05) is 54.4 Å². The Morgan fingerprint density at radius 2 is 1.92 bits per heavy atom. The predicted molar refractivity (Wildman–Crippen MR) is 151 cm³/mol. The lowest BCUT2D eigenvalue weighted by atomic mass is 10.1. The standard InChI is InChI=1S/C26H25Cl2N3O3S2/c1-4-7-20-15(3)22-24(36-20)30-26(31(25(22)33)16-10-12-17(13-11-16)34-5-2)35-14-21(32)29-19-9-6-8-18(27)23(19)28/h6,8-13H,4-5,7,14H2,1-3H3,(H,29,32). The van der Waals surface area contributed by atoms with Crippen LogP contribution in [0.3, 0.4) is 0 Å². The molecule has 0 saturated carbocycles. The van der Waals surface area contributed by atoms with E-state index in [0.29, 0.717) is 44.1 Å². The van der Waals surface area contributed by atoms with Crippen LogP contribution in [0, 0.1) is 6.92 Å². The maximum atomic E-state index is 13.8. The van der Waals surface area contributed by atoms with E-state index in [4.69, 9.17) is 32.9 Å². The molecule has 0 bridgehead atoms. The van der Waals surface area contributed by atoms with Gasteiger partial charge < -0.3 is 10.1 Å². The molecule has 0 fully saturated rings. The van der Waals surface area contributed by atoms with Crippen molar-refractivity contribution < 1.29 is 9.53 Å². The molecule has 188 valence electrons. The number of carbonyl (C=O) groups is 1. The molecule has 0 spiro atoms.